The van der Waals surface area contributed by atoms with Crippen molar-refractivity contribution in [2.45, 2.75) is 25.0 Å². The predicted octanol–water partition coefficient (Wildman–Crippen LogP) is 1.61. The first-order valence-electron chi connectivity index (χ1n) is 9.08. The van der Waals surface area contributed by atoms with Gasteiger partial charge in [0.2, 0.25) is 0 Å². The molecule has 134 valence electrons. The Labute approximate surface area is 150 Å². The van der Waals surface area contributed by atoms with Crippen molar-refractivity contribution in [2.75, 3.05) is 13.1 Å². The van der Waals surface area contributed by atoms with Crippen LogP contribution in [0.25, 0.3) is 5.65 Å². The molecule has 0 bridgehead atoms. The molecule has 0 unspecified atom stereocenters. The summed E-state index contributed by atoms with van der Waals surface area (Å²) in [6.07, 6.45) is 10.2. The zero-order valence-corrected chi connectivity index (χ0v) is 14.3. The number of hydrogen-bond donors (Lipinski definition) is 1. The van der Waals surface area contributed by atoms with Gasteiger partial charge >= 0.3 is 0 Å². The smallest absolute Gasteiger partial charge is 0.255 e. The van der Waals surface area contributed by atoms with E-state index in [1.54, 1.807) is 12.4 Å². The Balaban J connectivity index is 1.34. The fourth-order valence-electron chi connectivity index (χ4n) is 4.56. The first-order chi connectivity index (χ1) is 12.7. The molecule has 0 spiro atoms. The van der Waals surface area contributed by atoms with E-state index in [9.17, 15) is 9.90 Å². The molecule has 1 aliphatic carbocycles. The Kier molecular flexibility index (Phi) is 3.56. The molecule has 1 amide bonds. The lowest BCUT2D eigenvalue weighted by Crippen LogP contribution is -2.36. The minimum Gasteiger partial charge on any atom is -0.391 e. The van der Waals surface area contributed by atoms with Gasteiger partial charge in [0.15, 0.2) is 0 Å². The third-order valence-electron chi connectivity index (χ3n) is 5.90. The third kappa shape index (κ3) is 2.50. The second-order valence-electron chi connectivity index (χ2n) is 7.43. The number of rotatable bonds is 2. The fraction of sp³-hybridized carbons (Fsp3) is 0.421. The number of aliphatic hydroxyl groups excluding tert-OH is 1. The van der Waals surface area contributed by atoms with Gasteiger partial charge in [0.05, 0.1) is 17.7 Å². The molecule has 2 aliphatic rings. The van der Waals surface area contributed by atoms with Crippen LogP contribution in [-0.2, 0) is 0 Å². The van der Waals surface area contributed by atoms with Gasteiger partial charge in [-0.15, -0.1) is 0 Å². The van der Waals surface area contributed by atoms with Crippen LogP contribution in [0.4, 0.5) is 0 Å². The molecular formula is C19H21N5O2. The molecule has 4 heterocycles. The third-order valence-corrected chi connectivity index (χ3v) is 5.90. The maximum atomic E-state index is 13.0. The highest BCUT2D eigenvalue weighted by molar-refractivity contribution is 5.94. The van der Waals surface area contributed by atoms with Gasteiger partial charge in [0.1, 0.15) is 5.65 Å². The second-order valence-corrected chi connectivity index (χ2v) is 7.43. The molecular weight excluding hydrogens is 330 g/mol. The molecule has 7 heteroatoms. The zero-order valence-electron chi connectivity index (χ0n) is 14.3. The summed E-state index contributed by atoms with van der Waals surface area (Å²) in [5.74, 6) is 0.825. The van der Waals surface area contributed by atoms with Gasteiger partial charge < -0.3 is 14.4 Å². The van der Waals surface area contributed by atoms with Gasteiger partial charge in [-0.05, 0) is 42.9 Å². The normalized spacial score (nSPS) is 28.4. The summed E-state index contributed by atoms with van der Waals surface area (Å²) >= 11 is 0. The van der Waals surface area contributed by atoms with Gasteiger partial charge in [-0.3, -0.25) is 9.48 Å². The molecule has 7 nitrogen and oxygen atoms in total. The number of imidazole rings is 1. The fourth-order valence-corrected chi connectivity index (χ4v) is 4.56. The van der Waals surface area contributed by atoms with E-state index in [2.05, 4.69) is 10.1 Å². The minimum atomic E-state index is -0.409. The van der Waals surface area contributed by atoms with Crippen LogP contribution < -0.4 is 0 Å². The summed E-state index contributed by atoms with van der Waals surface area (Å²) in [6, 6.07) is 5.60. The van der Waals surface area contributed by atoms with Crippen LogP contribution in [0.5, 0.6) is 0 Å². The standard InChI is InChI=1S/C19H21N5O2/c25-17-9-15-12-23(11-14(15)8-16(17)24-6-1-4-21-24)19(26)13-2-3-18-20-5-7-22(18)10-13/h1-7,10,14-17,25H,8-9,11-12H2/t14-,15+,16-,17-/m1/s1. The quantitative estimate of drug-likeness (QED) is 0.761. The van der Waals surface area contributed by atoms with Crippen LogP contribution >= 0.6 is 0 Å². The number of carbonyl (C=O) groups is 1. The number of aliphatic hydroxyl groups is 1. The zero-order chi connectivity index (χ0) is 17.7. The number of fused-ring (bicyclic) bond motifs is 2. The van der Waals surface area contributed by atoms with Crippen molar-refractivity contribution in [3.8, 4) is 0 Å². The Hall–Kier alpha value is -2.67. The number of hydrogen-bond acceptors (Lipinski definition) is 4. The first-order valence-corrected chi connectivity index (χ1v) is 9.08. The number of amides is 1. The molecule has 3 aromatic rings. The van der Waals surface area contributed by atoms with E-state index in [-0.39, 0.29) is 11.9 Å². The van der Waals surface area contributed by atoms with E-state index in [1.807, 2.05) is 50.8 Å². The lowest BCUT2D eigenvalue weighted by atomic mass is 9.77. The summed E-state index contributed by atoms with van der Waals surface area (Å²) in [6.45, 7) is 1.46. The van der Waals surface area contributed by atoms with E-state index < -0.39 is 6.10 Å². The van der Waals surface area contributed by atoms with E-state index in [4.69, 9.17) is 0 Å². The van der Waals surface area contributed by atoms with Crippen LogP contribution in [0.1, 0.15) is 29.2 Å². The molecule has 1 saturated carbocycles. The van der Waals surface area contributed by atoms with Crippen molar-refractivity contribution >= 4 is 11.6 Å². The molecule has 4 atom stereocenters. The molecule has 1 aliphatic heterocycles. The predicted molar refractivity (Wildman–Crippen MR) is 94.6 cm³/mol. The van der Waals surface area contributed by atoms with E-state index in [1.165, 1.54) is 0 Å². The number of aromatic nitrogens is 4. The van der Waals surface area contributed by atoms with Crippen molar-refractivity contribution in [1.29, 1.82) is 0 Å². The Morgan fingerprint density at radius 3 is 2.77 bits per heavy atom. The average molecular weight is 351 g/mol. The largest absolute Gasteiger partial charge is 0.391 e. The maximum absolute atomic E-state index is 13.0. The summed E-state index contributed by atoms with van der Waals surface area (Å²) < 4.78 is 3.73. The van der Waals surface area contributed by atoms with Gasteiger partial charge in [0.25, 0.3) is 5.91 Å². The molecule has 5 rings (SSSR count). The molecule has 0 radical (unpaired) electrons. The number of likely N-dealkylation sites (tertiary alicyclic amines) is 1. The van der Waals surface area contributed by atoms with Crippen LogP contribution in [0.3, 0.4) is 0 Å². The first kappa shape index (κ1) is 15.6. The van der Waals surface area contributed by atoms with Crippen molar-refractivity contribution in [2.24, 2.45) is 11.8 Å². The van der Waals surface area contributed by atoms with E-state index in [0.29, 0.717) is 23.9 Å². The van der Waals surface area contributed by atoms with Gasteiger partial charge in [0, 0.05) is 44.1 Å². The summed E-state index contributed by atoms with van der Waals surface area (Å²) in [5, 5.41) is 14.8. The highest BCUT2D eigenvalue weighted by Crippen LogP contribution is 2.41. The molecule has 2 fully saturated rings. The summed E-state index contributed by atoms with van der Waals surface area (Å²) in [7, 11) is 0. The Bertz CT molecular complexity index is 934. The topological polar surface area (TPSA) is 75.7 Å². The van der Waals surface area contributed by atoms with Crippen LogP contribution in [0, 0.1) is 11.8 Å². The lowest BCUT2D eigenvalue weighted by molar-refractivity contribution is 0.0306. The van der Waals surface area contributed by atoms with Gasteiger partial charge in [-0.1, -0.05) is 0 Å². The Morgan fingerprint density at radius 1 is 1.12 bits per heavy atom. The summed E-state index contributed by atoms with van der Waals surface area (Å²) in [4.78, 5) is 19.1. The molecule has 3 aromatic heterocycles. The van der Waals surface area contributed by atoms with Crippen LogP contribution in [-0.4, -0.2) is 54.3 Å². The van der Waals surface area contributed by atoms with Gasteiger partial charge in [-0.25, -0.2) is 4.98 Å². The second kappa shape index (κ2) is 5.95. The van der Waals surface area contributed by atoms with E-state index in [0.717, 1.165) is 25.0 Å². The number of nitrogens with zero attached hydrogens (tertiary/aromatic N) is 5. The van der Waals surface area contributed by atoms with Gasteiger partial charge in [-0.2, -0.15) is 5.10 Å². The highest BCUT2D eigenvalue weighted by atomic mass is 16.3. The molecule has 1 N–H and O–H groups in total. The van der Waals surface area contributed by atoms with E-state index >= 15 is 0 Å². The molecule has 1 saturated heterocycles. The van der Waals surface area contributed by atoms with Crippen molar-refractivity contribution < 1.29 is 9.90 Å². The van der Waals surface area contributed by atoms with Crippen molar-refractivity contribution in [1.82, 2.24) is 24.1 Å². The highest BCUT2D eigenvalue weighted by Gasteiger charge is 2.43. The monoisotopic (exact) mass is 351 g/mol. The SMILES string of the molecule is O=C(c1ccc2nccn2c1)N1C[C@H]2C[C@@H](n3cccn3)[C@H](O)C[C@H]2C1. The maximum Gasteiger partial charge on any atom is 0.255 e. The number of carbonyl (C=O) groups excluding carboxylic acids is 1. The average Bonchev–Trinajstić information content (AvgIpc) is 3.38. The summed E-state index contributed by atoms with van der Waals surface area (Å²) in [5.41, 5.74) is 1.51. The lowest BCUT2D eigenvalue weighted by Gasteiger charge is -2.35. The number of pyridine rings is 1. The molecule has 26 heavy (non-hydrogen) atoms. The van der Waals surface area contributed by atoms with Crippen LogP contribution in [0.2, 0.25) is 0 Å². The Morgan fingerprint density at radius 2 is 1.96 bits per heavy atom. The van der Waals surface area contributed by atoms with Crippen molar-refractivity contribution in [3.63, 3.8) is 0 Å². The minimum absolute atomic E-state index is 0.00333. The van der Waals surface area contributed by atoms with Crippen LogP contribution in [0.15, 0.2) is 49.2 Å². The van der Waals surface area contributed by atoms with Crippen molar-refractivity contribution in [3.05, 3.63) is 54.7 Å². The molecule has 0 aromatic carbocycles.